The first-order valence-corrected chi connectivity index (χ1v) is 7.30. The average molecular weight is 293 g/mol. The second kappa shape index (κ2) is 9.39. The van der Waals surface area contributed by atoms with Gasteiger partial charge in [0.1, 0.15) is 0 Å². The molecule has 0 spiro atoms. The van der Waals surface area contributed by atoms with E-state index < -0.39 is 0 Å². The highest BCUT2D eigenvalue weighted by atomic mass is 32.1. The molecular weight excluding hydrogens is 270 g/mol. The quantitative estimate of drug-likeness (QED) is 0.454. The number of thiocarbonyl (C=S) groups is 1. The van der Waals surface area contributed by atoms with Crippen molar-refractivity contribution in [2.75, 3.05) is 26.2 Å². The molecule has 110 valence electrons. The Morgan fingerprint density at radius 2 is 2.10 bits per heavy atom. The third-order valence-corrected chi connectivity index (χ3v) is 3.20. The van der Waals surface area contributed by atoms with Crippen molar-refractivity contribution in [2.45, 2.75) is 20.8 Å². The topological polar surface area (TPSA) is 52.5 Å². The van der Waals surface area contributed by atoms with Crippen molar-refractivity contribution in [3.63, 3.8) is 0 Å². The highest BCUT2D eigenvalue weighted by molar-refractivity contribution is 7.80. The van der Waals surface area contributed by atoms with Gasteiger partial charge in [-0.2, -0.15) is 5.10 Å². The summed E-state index contributed by atoms with van der Waals surface area (Å²) in [6, 6.07) is 5.73. The monoisotopic (exact) mass is 293 g/mol. The molecule has 0 radical (unpaired) electrons. The molecule has 1 heterocycles. The maximum absolute atomic E-state index is 5.18. The molecule has 6 heteroatoms. The molecule has 0 aliphatic heterocycles. The Morgan fingerprint density at radius 1 is 1.35 bits per heavy atom. The normalized spacial score (nSPS) is 11.5. The lowest BCUT2D eigenvalue weighted by atomic mass is 10.3. The number of nitrogens with one attached hydrogen (secondary N) is 2. The predicted octanol–water partition coefficient (Wildman–Crippen LogP) is 1.61. The summed E-state index contributed by atoms with van der Waals surface area (Å²) in [6.07, 6.45) is 1.75. The lowest BCUT2D eigenvalue weighted by Crippen LogP contribution is -2.38. The lowest BCUT2D eigenvalue weighted by Gasteiger charge is -2.18. The van der Waals surface area contributed by atoms with Crippen molar-refractivity contribution in [1.29, 1.82) is 0 Å². The molecule has 0 aliphatic rings. The molecular formula is C14H23N5S. The molecule has 1 aromatic heterocycles. The van der Waals surface area contributed by atoms with Crippen LogP contribution in [-0.2, 0) is 0 Å². The highest BCUT2D eigenvalue weighted by Gasteiger charge is 2.00. The first-order chi connectivity index (χ1) is 9.67. The first kappa shape index (κ1) is 16.5. The molecule has 0 bridgehead atoms. The van der Waals surface area contributed by atoms with Gasteiger partial charge in [-0.15, -0.1) is 0 Å². The summed E-state index contributed by atoms with van der Waals surface area (Å²) in [6.45, 7) is 10.1. The van der Waals surface area contributed by atoms with E-state index in [2.05, 4.69) is 39.6 Å². The fourth-order valence-electron chi connectivity index (χ4n) is 1.68. The predicted molar refractivity (Wildman–Crippen MR) is 88.0 cm³/mol. The zero-order chi connectivity index (χ0) is 14.8. The summed E-state index contributed by atoms with van der Waals surface area (Å²) >= 11 is 5.18. The van der Waals surface area contributed by atoms with E-state index in [1.54, 1.807) is 6.20 Å². The van der Waals surface area contributed by atoms with Gasteiger partial charge in [-0.1, -0.05) is 19.9 Å². The molecule has 20 heavy (non-hydrogen) atoms. The number of nitrogens with zero attached hydrogens (tertiary/aromatic N) is 3. The van der Waals surface area contributed by atoms with Crippen LogP contribution in [0.3, 0.4) is 0 Å². The number of likely N-dealkylation sites (N-methyl/N-ethyl adjacent to an activating group) is 1. The Bertz CT molecular complexity index is 428. The standard InChI is InChI=1S/C14H23N5S/c1-4-19(5-2)11-10-16-14(20)18-17-12(3)13-8-6-7-9-15-13/h6-9H,4-5,10-11H2,1-3H3,(H2,16,18,20)/b17-12+. The number of aromatic nitrogens is 1. The van der Waals surface area contributed by atoms with Gasteiger partial charge in [-0.25, -0.2) is 0 Å². The van der Waals surface area contributed by atoms with Crippen LogP contribution in [-0.4, -0.2) is 46.9 Å². The fraction of sp³-hybridized carbons (Fsp3) is 0.500. The molecule has 0 saturated heterocycles. The largest absolute Gasteiger partial charge is 0.360 e. The van der Waals surface area contributed by atoms with Crippen LogP contribution in [0, 0.1) is 0 Å². The summed E-state index contributed by atoms with van der Waals surface area (Å²) in [7, 11) is 0. The Morgan fingerprint density at radius 3 is 2.70 bits per heavy atom. The van der Waals surface area contributed by atoms with Gasteiger partial charge in [0.2, 0.25) is 0 Å². The van der Waals surface area contributed by atoms with Gasteiger partial charge in [0.25, 0.3) is 0 Å². The maximum Gasteiger partial charge on any atom is 0.187 e. The van der Waals surface area contributed by atoms with E-state index >= 15 is 0 Å². The van der Waals surface area contributed by atoms with Crippen LogP contribution >= 0.6 is 12.2 Å². The summed E-state index contributed by atoms with van der Waals surface area (Å²) in [5, 5.41) is 7.89. The summed E-state index contributed by atoms with van der Waals surface area (Å²) < 4.78 is 0. The zero-order valence-electron chi connectivity index (χ0n) is 12.4. The van der Waals surface area contributed by atoms with Gasteiger partial charge >= 0.3 is 0 Å². The van der Waals surface area contributed by atoms with Gasteiger partial charge in [-0.3, -0.25) is 10.4 Å². The molecule has 1 aromatic rings. The van der Waals surface area contributed by atoms with E-state index in [4.69, 9.17) is 12.2 Å². The van der Waals surface area contributed by atoms with Crippen molar-refractivity contribution >= 4 is 23.0 Å². The fourth-order valence-corrected chi connectivity index (χ4v) is 1.82. The van der Waals surface area contributed by atoms with Gasteiger partial charge in [0.15, 0.2) is 5.11 Å². The van der Waals surface area contributed by atoms with Crippen LogP contribution in [0.15, 0.2) is 29.5 Å². The van der Waals surface area contributed by atoms with E-state index in [1.165, 1.54) is 0 Å². The van der Waals surface area contributed by atoms with Crippen LogP contribution in [0.1, 0.15) is 26.5 Å². The summed E-state index contributed by atoms with van der Waals surface area (Å²) in [4.78, 5) is 6.55. The van der Waals surface area contributed by atoms with Crippen LogP contribution < -0.4 is 10.7 Å². The van der Waals surface area contributed by atoms with E-state index in [-0.39, 0.29) is 0 Å². The van der Waals surface area contributed by atoms with Gasteiger partial charge in [-0.05, 0) is 44.4 Å². The Kier molecular flexibility index (Phi) is 7.75. The molecule has 0 amide bonds. The van der Waals surface area contributed by atoms with Crippen molar-refractivity contribution in [2.24, 2.45) is 5.10 Å². The highest BCUT2D eigenvalue weighted by Crippen LogP contribution is 1.95. The smallest absolute Gasteiger partial charge is 0.187 e. The number of hydrogen-bond acceptors (Lipinski definition) is 4. The molecule has 1 rings (SSSR count). The maximum atomic E-state index is 5.18. The SMILES string of the molecule is CCN(CC)CCNC(=S)N/N=C(\C)c1ccccn1. The van der Waals surface area contributed by atoms with E-state index in [1.807, 2.05) is 25.1 Å². The molecule has 0 saturated carbocycles. The molecule has 0 unspecified atom stereocenters. The summed E-state index contributed by atoms with van der Waals surface area (Å²) in [5.74, 6) is 0. The van der Waals surface area contributed by atoms with Crippen LogP contribution in [0.4, 0.5) is 0 Å². The van der Waals surface area contributed by atoms with Crippen molar-refractivity contribution in [3.05, 3.63) is 30.1 Å². The average Bonchev–Trinajstić information content (AvgIpc) is 2.50. The molecule has 5 nitrogen and oxygen atoms in total. The van der Waals surface area contributed by atoms with E-state index in [9.17, 15) is 0 Å². The van der Waals surface area contributed by atoms with Gasteiger partial charge < -0.3 is 10.2 Å². The first-order valence-electron chi connectivity index (χ1n) is 6.89. The number of hydrogen-bond donors (Lipinski definition) is 2. The Labute approximate surface area is 126 Å². The van der Waals surface area contributed by atoms with Crippen LogP contribution in [0.25, 0.3) is 0 Å². The van der Waals surface area contributed by atoms with Crippen molar-refractivity contribution < 1.29 is 0 Å². The molecule has 0 fully saturated rings. The Hall–Kier alpha value is -1.53. The third kappa shape index (κ3) is 6.08. The van der Waals surface area contributed by atoms with Crippen LogP contribution in [0.5, 0.6) is 0 Å². The number of rotatable bonds is 7. The lowest BCUT2D eigenvalue weighted by molar-refractivity contribution is 0.308. The van der Waals surface area contributed by atoms with Gasteiger partial charge in [0.05, 0.1) is 11.4 Å². The van der Waals surface area contributed by atoms with E-state index in [0.29, 0.717) is 5.11 Å². The number of hydrazone groups is 1. The van der Waals surface area contributed by atoms with Crippen LogP contribution in [0.2, 0.25) is 0 Å². The van der Waals surface area contributed by atoms with Gasteiger partial charge in [0, 0.05) is 19.3 Å². The second-order valence-electron chi connectivity index (χ2n) is 4.31. The Balaban J connectivity index is 2.32. The molecule has 0 atom stereocenters. The molecule has 0 aliphatic carbocycles. The molecule has 2 N–H and O–H groups in total. The van der Waals surface area contributed by atoms with E-state index in [0.717, 1.165) is 37.6 Å². The summed E-state index contributed by atoms with van der Waals surface area (Å²) in [5.41, 5.74) is 4.48. The minimum absolute atomic E-state index is 0.535. The second-order valence-corrected chi connectivity index (χ2v) is 4.72. The van der Waals surface area contributed by atoms with Crippen molar-refractivity contribution in [1.82, 2.24) is 20.6 Å². The third-order valence-electron chi connectivity index (χ3n) is 2.97. The minimum Gasteiger partial charge on any atom is -0.360 e. The minimum atomic E-state index is 0.535. The molecule has 0 aromatic carbocycles. The zero-order valence-corrected chi connectivity index (χ0v) is 13.2. The number of pyridine rings is 1. The van der Waals surface area contributed by atoms with Crippen molar-refractivity contribution in [3.8, 4) is 0 Å².